The molecule has 0 amide bonds. The maximum atomic E-state index is 10.7. The molecule has 0 aliphatic carbocycles. The summed E-state index contributed by atoms with van der Waals surface area (Å²) < 4.78 is 11.4. The van der Waals surface area contributed by atoms with Gasteiger partial charge in [0.05, 0.1) is 18.7 Å². The zero-order valence-electron chi connectivity index (χ0n) is 13.6. The van der Waals surface area contributed by atoms with Gasteiger partial charge in [0.1, 0.15) is 10.8 Å². The molecule has 0 atom stereocenters. The Balaban J connectivity index is 1.74. The summed E-state index contributed by atoms with van der Waals surface area (Å²) in [5.74, 6) is 1.18. The lowest BCUT2D eigenvalue weighted by Gasteiger charge is -2.11. The number of carboxylic acid groups (broad SMARTS) is 1. The van der Waals surface area contributed by atoms with Gasteiger partial charge in [0, 0.05) is 10.9 Å². The van der Waals surface area contributed by atoms with Crippen molar-refractivity contribution in [2.45, 2.75) is 13.3 Å². The molecule has 0 saturated heterocycles. The Morgan fingerprint density at radius 1 is 1.12 bits per heavy atom. The van der Waals surface area contributed by atoms with Gasteiger partial charge in [-0.3, -0.25) is 4.79 Å². The monoisotopic (exact) mass is 355 g/mol. The van der Waals surface area contributed by atoms with Crippen LogP contribution in [0.15, 0.2) is 53.9 Å². The van der Waals surface area contributed by atoms with Crippen LogP contribution in [0.25, 0.3) is 10.6 Å². The van der Waals surface area contributed by atoms with Crippen molar-refractivity contribution in [3.05, 3.63) is 59.6 Å². The van der Waals surface area contributed by atoms with Crippen LogP contribution in [-0.4, -0.2) is 22.7 Å². The number of ether oxygens (including phenoxy) is 2. The number of benzene rings is 2. The Labute approximate surface area is 149 Å². The summed E-state index contributed by atoms with van der Waals surface area (Å²) in [5, 5.41) is 11.4. The van der Waals surface area contributed by atoms with Crippen LogP contribution in [-0.2, 0) is 11.2 Å². The van der Waals surface area contributed by atoms with Crippen LogP contribution in [0.4, 0.5) is 0 Å². The van der Waals surface area contributed by atoms with Crippen LogP contribution in [0.5, 0.6) is 17.2 Å². The van der Waals surface area contributed by atoms with Gasteiger partial charge in [0.25, 0.3) is 0 Å². The first-order chi connectivity index (χ1) is 12.2. The normalized spacial score (nSPS) is 10.4. The molecule has 0 fully saturated rings. The smallest absolute Gasteiger partial charge is 0.309 e. The molecule has 25 heavy (non-hydrogen) atoms. The van der Waals surface area contributed by atoms with Gasteiger partial charge in [0.2, 0.25) is 0 Å². The van der Waals surface area contributed by atoms with E-state index in [1.54, 1.807) is 5.38 Å². The standard InChI is InChI=1S/C19H17NO4S/c1-2-23-16-5-3-4-6-17(16)24-15-9-7-13(8-10-15)19-20-14(12-25-19)11-18(21)22/h3-10,12H,2,11H2,1H3,(H,21,22). The molecule has 0 saturated carbocycles. The van der Waals surface area contributed by atoms with Crippen LogP contribution in [0.3, 0.4) is 0 Å². The highest BCUT2D eigenvalue weighted by molar-refractivity contribution is 7.13. The molecule has 5 nitrogen and oxygen atoms in total. The topological polar surface area (TPSA) is 68.7 Å². The molecule has 0 unspecified atom stereocenters. The van der Waals surface area contributed by atoms with Gasteiger partial charge in [-0.1, -0.05) is 12.1 Å². The second kappa shape index (κ2) is 7.81. The van der Waals surface area contributed by atoms with Crippen molar-refractivity contribution >= 4 is 17.3 Å². The van der Waals surface area contributed by atoms with E-state index in [1.807, 2.05) is 55.5 Å². The van der Waals surface area contributed by atoms with Gasteiger partial charge in [-0.2, -0.15) is 0 Å². The lowest BCUT2D eigenvalue weighted by molar-refractivity contribution is -0.136. The van der Waals surface area contributed by atoms with Gasteiger partial charge < -0.3 is 14.6 Å². The highest BCUT2D eigenvalue weighted by Crippen LogP contribution is 2.32. The van der Waals surface area contributed by atoms with E-state index in [9.17, 15) is 4.79 Å². The van der Waals surface area contributed by atoms with Crippen LogP contribution < -0.4 is 9.47 Å². The van der Waals surface area contributed by atoms with E-state index in [4.69, 9.17) is 14.6 Å². The predicted octanol–water partition coefficient (Wildman–Crippen LogP) is 4.63. The summed E-state index contributed by atoms with van der Waals surface area (Å²) in [6, 6.07) is 15.0. The van der Waals surface area contributed by atoms with Crippen molar-refractivity contribution in [2.75, 3.05) is 6.61 Å². The number of hydrogen-bond donors (Lipinski definition) is 1. The molecule has 1 aromatic heterocycles. The van der Waals surface area contributed by atoms with E-state index >= 15 is 0 Å². The minimum Gasteiger partial charge on any atom is -0.490 e. The number of thiazole rings is 1. The van der Waals surface area contributed by atoms with Crippen LogP contribution in [0, 0.1) is 0 Å². The average Bonchev–Trinajstić information content (AvgIpc) is 3.05. The first kappa shape index (κ1) is 17.0. The van der Waals surface area contributed by atoms with Crippen LogP contribution in [0.1, 0.15) is 12.6 Å². The zero-order valence-corrected chi connectivity index (χ0v) is 14.5. The maximum absolute atomic E-state index is 10.7. The third-order valence-corrected chi connectivity index (χ3v) is 4.30. The maximum Gasteiger partial charge on any atom is 0.309 e. The quantitative estimate of drug-likeness (QED) is 0.669. The second-order valence-electron chi connectivity index (χ2n) is 5.22. The van der Waals surface area contributed by atoms with E-state index in [0.717, 1.165) is 10.6 Å². The summed E-state index contributed by atoms with van der Waals surface area (Å²) in [4.78, 5) is 15.1. The molecule has 1 heterocycles. The number of para-hydroxylation sites is 2. The van der Waals surface area contributed by atoms with Gasteiger partial charge in [-0.25, -0.2) is 4.98 Å². The number of hydrogen-bond acceptors (Lipinski definition) is 5. The number of carboxylic acids is 1. The van der Waals surface area contributed by atoms with Crippen LogP contribution >= 0.6 is 11.3 Å². The van der Waals surface area contributed by atoms with Crippen molar-refractivity contribution in [3.63, 3.8) is 0 Å². The highest BCUT2D eigenvalue weighted by Gasteiger charge is 2.09. The SMILES string of the molecule is CCOc1ccccc1Oc1ccc(-c2nc(CC(=O)O)cs2)cc1. The van der Waals surface area contributed by atoms with Gasteiger partial charge >= 0.3 is 5.97 Å². The molecule has 1 N–H and O–H groups in total. The fourth-order valence-electron chi connectivity index (χ4n) is 2.28. The minimum atomic E-state index is -0.881. The van der Waals surface area contributed by atoms with Gasteiger partial charge in [0.15, 0.2) is 11.5 Å². The summed E-state index contributed by atoms with van der Waals surface area (Å²) in [6.45, 7) is 2.50. The van der Waals surface area contributed by atoms with Crippen molar-refractivity contribution in [1.29, 1.82) is 0 Å². The van der Waals surface area contributed by atoms with Gasteiger partial charge in [-0.15, -0.1) is 11.3 Å². The molecule has 128 valence electrons. The molecule has 0 aliphatic heterocycles. The molecule has 0 aliphatic rings. The third-order valence-electron chi connectivity index (χ3n) is 3.36. The fourth-order valence-corrected chi connectivity index (χ4v) is 3.10. The second-order valence-corrected chi connectivity index (χ2v) is 6.08. The first-order valence-corrected chi connectivity index (χ1v) is 8.70. The first-order valence-electron chi connectivity index (χ1n) is 7.82. The largest absolute Gasteiger partial charge is 0.490 e. The van der Waals surface area contributed by atoms with E-state index in [-0.39, 0.29) is 6.42 Å². The molecule has 6 heteroatoms. The minimum absolute atomic E-state index is 0.0636. The zero-order chi connectivity index (χ0) is 17.6. The third kappa shape index (κ3) is 4.36. The van der Waals surface area contributed by atoms with Crippen LogP contribution in [0.2, 0.25) is 0 Å². The molecule has 3 rings (SSSR count). The Kier molecular flexibility index (Phi) is 5.30. The molecule has 0 spiro atoms. The molecular formula is C19H17NO4S. The predicted molar refractivity (Wildman–Crippen MR) is 96.6 cm³/mol. The number of aromatic nitrogens is 1. The van der Waals surface area contributed by atoms with Crippen molar-refractivity contribution in [1.82, 2.24) is 4.98 Å². The highest BCUT2D eigenvalue weighted by atomic mass is 32.1. The van der Waals surface area contributed by atoms with E-state index in [0.29, 0.717) is 29.5 Å². The Bertz CT molecular complexity index is 858. The summed E-state index contributed by atoms with van der Waals surface area (Å²) in [5.41, 5.74) is 1.49. The summed E-state index contributed by atoms with van der Waals surface area (Å²) >= 11 is 1.43. The van der Waals surface area contributed by atoms with Gasteiger partial charge in [-0.05, 0) is 43.3 Å². The van der Waals surface area contributed by atoms with E-state index < -0.39 is 5.97 Å². The molecule has 0 radical (unpaired) electrons. The summed E-state index contributed by atoms with van der Waals surface area (Å²) in [7, 11) is 0. The Morgan fingerprint density at radius 2 is 1.84 bits per heavy atom. The number of aliphatic carboxylic acids is 1. The Hall–Kier alpha value is -2.86. The lowest BCUT2D eigenvalue weighted by Crippen LogP contribution is -1.99. The van der Waals surface area contributed by atoms with Crippen molar-refractivity contribution in [2.24, 2.45) is 0 Å². The number of carbonyl (C=O) groups is 1. The molecule has 0 bridgehead atoms. The number of rotatable bonds is 7. The Morgan fingerprint density at radius 3 is 2.52 bits per heavy atom. The molecular weight excluding hydrogens is 338 g/mol. The van der Waals surface area contributed by atoms with Crippen molar-refractivity contribution < 1.29 is 19.4 Å². The lowest BCUT2D eigenvalue weighted by atomic mass is 10.2. The molecule has 2 aromatic carbocycles. The average molecular weight is 355 g/mol. The summed E-state index contributed by atoms with van der Waals surface area (Å²) in [6.07, 6.45) is -0.0636. The van der Waals surface area contributed by atoms with Crippen molar-refractivity contribution in [3.8, 4) is 27.8 Å². The number of nitrogens with zero attached hydrogens (tertiary/aromatic N) is 1. The van der Waals surface area contributed by atoms with E-state index in [2.05, 4.69) is 4.98 Å². The fraction of sp³-hybridized carbons (Fsp3) is 0.158. The molecule has 3 aromatic rings. The van der Waals surface area contributed by atoms with E-state index in [1.165, 1.54) is 11.3 Å².